The van der Waals surface area contributed by atoms with Crippen molar-refractivity contribution in [1.82, 2.24) is 25.3 Å². The Morgan fingerprint density at radius 2 is 1.71 bits per heavy atom. The first-order valence-corrected chi connectivity index (χ1v) is 11.1. The van der Waals surface area contributed by atoms with Crippen molar-refractivity contribution in [2.45, 2.75) is 33.4 Å². The molecule has 176 valence electrons. The molecule has 1 heterocycles. The lowest BCUT2D eigenvalue weighted by atomic mass is 10.0. The molecule has 31 heavy (non-hydrogen) atoms. The summed E-state index contributed by atoms with van der Waals surface area (Å²) in [4.78, 5) is 23.4. The van der Waals surface area contributed by atoms with Crippen molar-refractivity contribution in [2.24, 2.45) is 10.9 Å². The standard InChI is InChI=1S/C23H40N6O.HI/c1-7-24-23(25-16-19-8-10-20(11-9-19)22(30)27(4)5)26-17-21(18(2)3)29-14-12-28(6)13-15-29;/h8-11,18,21H,7,12-17H2,1-6H3,(H2,24,25,26);1H. The number of hydrogen-bond acceptors (Lipinski definition) is 4. The molecule has 1 atom stereocenters. The van der Waals surface area contributed by atoms with Crippen molar-refractivity contribution in [1.29, 1.82) is 0 Å². The highest BCUT2D eigenvalue weighted by Gasteiger charge is 2.25. The largest absolute Gasteiger partial charge is 0.357 e. The van der Waals surface area contributed by atoms with Gasteiger partial charge < -0.3 is 20.4 Å². The lowest BCUT2D eigenvalue weighted by molar-refractivity contribution is 0.0827. The summed E-state index contributed by atoms with van der Waals surface area (Å²) in [5, 5.41) is 6.90. The maximum absolute atomic E-state index is 12.0. The van der Waals surface area contributed by atoms with Crippen LogP contribution in [0.2, 0.25) is 0 Å². The molecule has 0 saturated carbocycles. The van der Waals surface area contributed by atoms with E-state index in [4.69, 9.17) is 4.99 Å². The Bertz CT molecular complexity index is 684. The molecule has 1 amide bonds. The Morgan fingerprint density at radius 1 is 1.10 bits per heavy atom. The van der Waals surface area contributed by atoms with Crippen LogP contribution in [0.1, 0.15) is 36.7 Å². The molecule has 7 nitrogen and oxygen atoms in total. The molecule has 2 rings (SSSR count). The topological polar surface area (TPSA) is 63.2 Å². The molecule has 1 fully saturated rings. The fraction of sp³-hybridized carbons (Fsp3) is 0.652. The number of aliphatic imine (C=N–C) groups is 1. The Kier molecular flexibility index (Phi) is 12.4. The van der Waals surface area contributed by atoms with E-state index in [9.17, 15) is 4.79 Å². The van der Waals surface area contributed by atoms with E-state index in [-0.39, 0.29) is 29.9 Å². The fourth-order valence-electron chi connectivity index (χ4n) is 3.66. The summed E-state index contributed by atoms with van der Waals surface area (Å²) in [5.41, 5.74) is 1.78. The third-order valence-corrected chi connectivity index (χ3v) is 5.63. The Balaban J connectivity index is 0.00000480. The first-order valence-electron chi connectivity index (χ1n) is 11.1. The number of piperazine rings is 1. The summed E-state index contributed by atoms with van der Waals surface area (Å²) < 4.78 is 0. The molecular formula is C23H41IN6O. The number of carbonyl (C=O) groups excluding carboxylic acids is 1. The maximum atomic E-state index is 12.0. The van der Waals surface area contributed by atoms with E-state index >= 15 is 0 Å². The number of hydrogen-bond donors (Lipinski definition) is 2. The van der Waals surface area contributed by atoms with E-state index in [0.717, 1.165) is 50.8 Å². The van der Waals surface area contributed by atoms with Gasteiger partial charge in [-0.25, -0.2) is 4.99 Å². The SMILES string of the molecule is CCNC(=NCc1ccc(C(=O)N(C)C)cc1)NCC(C(C)C)N1CCN(C)CC1.I. The smallest absolute Gasteiger partial charge is 0.253 e. The van der Waals surface area contributed by atoms with Gasteiger partial charge in [0.05, 0.1) is 6.54 Å². The van der Waals surface area contributed by atoms with Gasteiger partial charge in [0.1, 0.15) is 0 Å². The van der Waals surface area contributed by atoms with Gasteiger partial charge in [0.2, 0.25) is 0 Å². The van der Waals surface area contributed by atoms with Crippen LogP contribution in [0.5, 0.6) is 0 Å². The number of carbonyl (C=O) groups is 1. The molecule has 1 aliphatic heterocycles. The molecular weight excluding hydrogens is 503 g/mol. The van der Waals surface area contributed by atoms with Crippen molar-refractivity contribution < 1.29 is 4.79 Å². The summed E-state index contributed by atoms with van der Waals surface area (Å²) in [6.07, 6.45) is 0. The van der Waals surface area contributed by atoms with Gasteiger partial charge >= 0.3 is 0 Å². The van der Waals surface area contributed by atoms with Crippen molar-refractivity contribution >= 4 is 35.8 Å². The lowest BCUT2D eigenvalue weighted by Crippen LogP contribution is -2.55. The minimum Gasteiger partial charge on any atom is -0.357 e. The first-order chi connectivity index (χ1) is 14.3. The normalized spacial score (nSPS) is 16.5. The van der Waals surface area contributed by atoms with Crippen molar-refractivity contribution in [3.8, 4) is 0 Å². The van der Waals surface area contributed by atoms with Gasteiger partial charge in [-0.2, -0.15) is 0 Å². The van der Waals surface area contributed by atoms with E-state index in [2.05, 4.69) is 48.3 Å². The van der Waals surface area contributed by atoms with Crippen LogP contribution in [0.3, 0.4) is 0 Å². The second kappa shape index (κ2) is 13.9. The van der Waals surface area contributed by atoms with Crippen LogP contribution < -0.4 is 10.6 Å². The van der Waals surface area contributed by atoms with Gasteiger partial charge in [-0.3, -0.25) is 9.69 Å². The predicted octanol–water partition coefficient (Wildman–Crippen LogP) is 2.33. The van der Waals surface area contributed by atoms with E-state index in [1.54, 1.807) is 19.0 Å². The van der Waals surface area contributed by atoms with Crippen LogP contribution in [0.4, 0.5) is 0 Å². The van der Waals surface area contributed by atoms with Crippen LogP contribution in [0, 0.1) is 5.92 Å². The van der Waals surface area contributed by atoms with Gasteiger partial charge in [-0.1, -0.05) is 26.0 Å². The van der Waals surface area contributed by atoms with Gasteiger partial charge in [-0.05, 0) is 37.6 Å². The number of nitrogens with one attached hydrogen (secondary N) is 2. The average Bonchev–Trinajstić information content (AvgIpc) is 2.72. The summed E-state index contributed by atoms with van der Waals surface area (Å²) in [7, 11) is 5.72. The van der Waals surface area contributed by atoms with Crippen molar-refractivity contribution in [3.05, 3.63) is 35.4 Å². The zero-order valence-electron chi connectivity index (χ0n) is 20.0. The molecule has 0 aromatic heterocycles. The van der Waals surface area contributed by atoms with Crippen LogP contribution in [0.25, 0.3) is 0 Å². The number of guanidine groups is 1. The van der Waals surface area contributed by atoms with E-state index in [1.165, 1.54) is 0 Å². The highest BCUT2D eigenvalue weighted by Crippen LogP contribution is 2.13. The van der Waals surface area contributed by atoms with E-state index in [1.807, 2.05) is 24.3 Å². The Labute approximate surface area is 205 Å². The highest BCUT2D eigenvalue weighted by molar-refractivity contribution is 14.0. The quantitative estimate of drug-likeness (QED) is 0.299. The van der Waals surface area contributed by atoms with Crippen LogP contribution in [0.15, 0.2) is 29.3 Å². The number of rotatable bonds is 8. The fourth-order valence-corrected chi connectivity index (χ4v) is 3.66. The number of amides is 1. The summed E-state index contributed by atoms with van der Waals surface area (Å²) in [6, 6.07) is 8.18. The molecule has 0 spiro atoms. The summed E-state index contributed by atoms with van der Waals surface area (Å²) >= 11 is 0. The molecule has 1 aromatic rings. The molecule has 0 aliphatic carbocycles. The number of halogens is 1. The van der Waals surface area contributed by atoms with Gasteiger partial charge in [0, 0.05) is 65.0 Å². The molecule has 8 heteroatoms. The van der Waals surface area contributed by atoms with E-state index in [0.29, 0.717) is 24.1 Å². The molecule has 0 bridgehead atoms. The Hall–Kier alpha value is -1.39. The summed E-state index contributed by atoms with van der Waals surface area (Å²) in [5.74, 6) is 1.43. The molecule has 1 unspecified atom stereocenters. The number of nitrogens with zero attached hydrogens (tertiary/aromatic N) is 4. The second-order valence-electron chi connectivity index (χ2n) is 8.62. The highest BCUT2D eigenvalue weighted by atomic mass is 127. The zero-order chi connectivity index (χ0) is 22.1. The van der Waals surface area contributed by atoms with Gasteiger partial charge in [-0.15, -0.1) is 24.0 Å². The molecule has 1 aliphatic rings. The van der Waals surface area contributed by atoms with E-state index < -0.39 is 0 Å². The minimum atomic E-state index is 0. The summed E-state index contributed by atoms with van der Waals surface area (Å²) in [6.45, 7) is 13.4. The van der Waals surface area contributed by atoms with Crippen molar-refractivity contribution in [3.63, 3.8) is 0 Å². The molecule has 1 aromatic carbocycles. The van der Waals surface area contributed by atoms with Crippen LogP contribution in [-0.2, 0) is 6.54 Å². The Morgan fingerprint density at radius 3 is 2.23 bits per heavy atom. The number of benzene rings is 1. The molecule has 2 N–H and O–H groups in total. The monoisotopic (exact) mass is 544 g/mol. The van der Waals surface area contributed by atoms with Crippen LogP contribution >= 0.6 is 24.0 Å². The van der Waals surface area contributed by atoms with Crippen LogP contribution in [-0.4, -0.2) is 93.0 Å². The third kappa shape index (κ3) is 8.94. The molecule has 0 radical (unpaired) electrons. The average molecular weight is 545 g/mol. The number of likely N-dealkylation sites (N-methyl/N-ethyl adjacent to an activating group) is 1. The third-order valence-electron chi connectivity index (χ3n) is 5.63. The van der Waals surface area contributed by atoms with Gasteiger partial charge in [0.25, 0.3) is 5.91 Å². The maximum Gasteiger partial charge on any atom is 0.253 e. The second-order valence-corrected chi connectivity index (χ2v) is 8.62. The van der Waals surface area contributed by atoms with Crippen molar-refractivity contribution in [2.75, 3.05) is 60.4 Å². The first kappa shape index (κ1) is 27.6. The van der Waals surface area contributed by atoms with Gasteiger partial charge in [0.15, 0.2) is 5.96 Å². The minimum absolute atomic E-state index is 0. The molecule has 1 saturated heterocycles. The zero-order valence-corrected chi connectivity index (χ0v) is 22.3. The lowest BCUT2D eigenvalue weighted by Gasteiger charge is -2.40. The predicted molar refractivity (Wildman–Crippen MR) is 140 cm³/mol.